The van der Waals surface area contributed by atoms with Crippen LogP contribution in [-0.2, 0) is 11.4 Å². The molecule has 4 aromatic rings. The molecule has 0 saturated carbocycles. The third kappa shape index (κ3) is 4.83. The number of hydrogen-bond acceptors (Lipinski definition) is 6. The molecular weight excluding hydrogens is 522 g/mol. The van der Waals surface area contributed by atoms with Gasteiger partial charge in [-0.15, -0.1) is 0 Å². The maximum atomic E-state index is 13.6. The minimum atomic E-state index is -0.473. The maximum absolute atomic E-state index is 13.6. The Morgan fingerprint density at radius 1 is 1.08 bits per heavy atom. The molecular formula is C27H24BrN5O3. The standard InChI is InChI=1S/C27H24BrN5O3/c1-17-24(26(34)32-22-5-3-4-6-23(22)35-2)25(33-27(31-17)29-16-30-33)19-9-13-21(14-10-19)36-15-18-7-11-20(28)12-8-18/h3-14,16,25H,15H2,1-2H3,(H,32,34)(H,29,30,31). The first-order valence-corrected chi connectivity index (χ1v) is 12.1. The van der Waals surface area contributed by atoms with Crippen LogP contribution in [0.3, 0.4) is 0 Å². The second-order valence-electron chi connectivity index (χ2n) is 8.23. The minimum absolute atomic E-state index is 0.258. The number of carbonyl (C=O) groups excluding carboxylic acids is 1. The summed E-state index contributed by atoms with van der Waals surface area (Å²) in [4.78, 5) is 17.9. The zero-order valence-electron chi connectivity index (χ0n) is 19.7. The molecule has 8 nitrogen and oxygen atoms in total. The highest BCUT2D eigenvalue weighted by Gasteiger charge is 2.33. The third-order valence-electron chi connectivity index (χ3n) is 5.91. The number of rotatable bonds is 7. The second kappa shape index (κ2) is 10.2. The fourth-order valence-corrected chi connectivity index (χ4v) is 4.39. The number of benzene rings is 3. The van der Waals surface area contributed by atoms with E-state index in [2.05, 4.69) is 36.6 Å². The lowest BCUT2D eigenvalue weighted by atomic mass is 9.95. The van der Waals surface area contributed by atoms with Gasteiger partial charge in [-0.25, -0.2) is 4.68 Å². The van der Waals surface area contributed by atoms with Gasteiger partial charge in [0, 0.05) is 10.2 Å². The van der Waals surface area contributed by atoms with E-state index >= 15 is 0 Å². The van der Waals surface area contributed by atoms with Gasteiger partial charge in [0.1, 0.15) is 30.5 Å². The van der Waals surface area contributed by atoms with E-state index in [9.17, 15) is 4.79 Å². The van der Waals surface area contributed by atoms with Crippen LogP contribution in [0.15, 0.2) is 94.9 Å². The van der Waals surface area contributed by atoms with E-state index < -0.39 is 6.04 Å². The number of allylic oxidation sites excluding steroid dienone is 1. The first-order chi connectivity index (χ1) is 17.5. The highest BCUT2D eigenvalue weighted by Crippen LogP contribution is 2.36. The quantitative estimate of drug-likeness (QED) is 0.316. The molecule has 1 aliphatic heterocycles. The van der Waals surface area contributed by atoms with Crippen LogP contribution in [0.5, 0.6) is 11.5 Å². The van der Waals surface area contributed by atoms with Crippen LogP contribution >= 0.6 is 15.9 Å². The van der Waals surface area contributed by atoms with Crippen molar-refractivity contribution in [2.24, 2.45) is 0 Å². The van der Waals surface area contributed by atoms with Gasteiger partial charge in [-0.3, -0.25) is 4.79 Å². The summed E-state index contributed by atoms with van der Waals surface area (Å²) >= 11 is 3.45. The van der Waals surface area contributed by atoms with Crippen LogP contribution in [-0.4, -0.2) is 27.8 Å². The number of carbonyl (C=O) groups is 1. The molecule has 0 spiro atoms. The number of methoxy groups -OCH3 is 1. The summed E-state index contributed by atoms with van der Waals surface area (Å²) in [5.41, 5.74) is 3.77. The van der Waals surface area contributed by atoms with Crippen molar-refractivity contribution in [3.63, 3.8) is 0 Å². The van der Waals surface area contributed by atoms with Crippen molar-refractivity contribution in [1.82, 2.24) is 14.8 Å². The zero-order valence-corrected chi connectivity index (χ0v) is 21.3. The predicted molar refractivity (Wildman–Crippen MR) is 141 cm³/mol. The van der Waals surface area contributed by atoms with Crippen molar-refractivity contribution in [3.8, 4) is 11.5 Å². The van der Waals surface area contributed by atoms with E-state index in [1.54, 1.807) is 23.9 Å². The monoisotopic (exact) mass is 545 g/mol. The number of nitrogens with zero attached hydrogens (tertiary/aromatic N) is 3. The zero-order chi connectivity index (χ0) is 25.1. The van der Waals surface area contributed by atoms with Gasteiger partial charge in [-0.2, -0.15) is 10.1 Å². The molecule has 2 N–H and O–H groups in total. The van der Waals surface area contributed by atoms with Crippen molar-refractivity contribution in [2.75, 3.05) is 17.7 Å². The predicted octanol–water partition coefficient (Wildman–Crippen LogP) is 5.56. The summed E-state index contributed by atoms with van der Waals surface area (Å²) in [5, 5.41) is 10.6. The smallest absolute Gasteiger partial charge is 0.255 e. The SMILES string of the molecule is COc1ccccc1NC(=O)C1=C(C)Nc2ncnn2C1c1ccc(OCc2ccc(Br)cc2)cc1. The number of amides is 1. The van der Waals surface area contributed by atoms with Gasteiger partial charge >= 0.3 is 0 Å². The first kappa shape index (κ1) is 23.6. The summed E-state index contributed by atoms with van der Waals surface area (Å²) in [6.45, 7) is 2.32. The number of para-hydroxylation sites is 2. The van der Waals surface area contributed by atoms with E-state index in [0.29, 0.717) is 35.3 Å². The average Bonchev–Trinajstić information content (AvgIpc) is 3.36. The summed E-state index contributed by atoms with van der Waals surface area (Å²) in [5.74, 6) is 1.63. The Balaban J connectivity index is 1.41. The minimum Gasteiger partial charge on any atom is -0.495 e. The van der Waals surface area contributed by atoms with Crippen LogP contribution < -0.4 is 20.1 Å². The van der Waals surface area contributed by atoms with Crippen LogP contribution in [0.25, 0.3) is 0 Å². The highest BCUT2D eigenvalue weighted by molar-refractivity contribution is 9.10. The number of nitrogens with one attached hydrogen (secondary N) is 2. The van der Waals surface area contributed by atoms with E-state index in [-0.39, 0.29) is 5.91 Å². The molecule has 0 fully saturated rings. The van der Waals surface area contributed by atoms with Crippen LogP contribution in [0, 0.1) is 0 Å². The highest BCUT2D eigenvalue weighted by atomic mass is 79.9. The van der Waals surface area contributed by atoms with Crippen molar-refractivity contribution in [3.05, 3.63) is 106 Å². The number of fused-ring (bicyclic) bond motifs is 1. The van der Waals surface area contributed by atoms with Crippen LogP contribution in [0.1, 0.15) is 24.1 Å². The summed E-state index contributed by atoms with van der Waals surface area (Å²) < 4.78 is 14.1. The van der Waals surface area contributed by atoms with Gasteiger partial charge in [0.15, 0.2) is 0 Å². The molecule has 182 valence electrons. The third-order valence-corrected chi connectivity index (χ3v) is 6.44. The second-order valence-corrected chi connectivity index (χ2v) is 9.15. The molecule has 0 bridgehead atoms. The Bertz CT molecular complexity index is 1410. The summed E-state index contributed by atoms with van der Waals surface area (Å²) in [6, 6.07) is 22.5. The van der Waals surface area contributed by atoms with Gasteiger partial charge < -0.3 is 20.1 Å². The van der Waals surface area contributed by atoms with Crippen molar-refractivity contribution >= 4 is 33.5 Å². The molecule has 36 heavy (non-hydrogen) atoms. The molecule has 2 heterocycles. The fourth-order valence-electron chi connectivity index (χ4n) is 4.12. The fraction of sp³-hybridized carbons (Fsp3) is 0.148. The number of anilines is 2. The van der Waals surface area contributed by atoms with E-state index in [4.69, 9.17) is 9.47 Å². The molecule has 1 aliphatic rings. The lowest BCUT2D eigenvalue weighted by Crippen LogP contribution is -2.31. The Kier molecular flexibility index (Phi) is 6.73. The summed E-state index contributed by atoms with van der Waals surface area (Å²) in [7, 11) is 1.57. The Morgan fingerprint density at radius 2 is 1.83 bits per heavy atom. The van der Waals surface area contributed by atoms with Crippen molar-refractivity contribution in [2.45, 2.75) is 19.6 Å². The number of hydrogen-bond donors (Lipinski definition) is 2. The number of aromatic nitrogens is 3. The van der Waals surface area contributed by atoms with Gasteiger partial charge in [-0.1, -0.05) is 52.3 Å². The number of halogens is 1. The van der Waals surface area contributed by atoms with Gasteiger partial charge in [-0.05, 0) is 54.4 Å². The largest absolute Gasteiger partial charge is 0.495 e. The van der Waals surface area contributed by atoms with E-state index in [1.807, 2.05) is 67.6 Å². The Hall–Kier alpha value is -4.11. The molecule has 0 aliphatic carbocycles. The topological polar surface area (TPSA) is 90.3 Å². The Labute approximate surface area is 217 Å². The van der Waals surface area contributed by atoms with Crippen LogP contribution in [0.4, 0.5) is 11.6 Å². The van der Waals surface area contributed by atoms with Gasteiger partial charge in [0.25, 0.3) is 5.91 Å². The van der Waals surface area contributed by atoms with Gasteiger partial charge in [0.05, 0.1) is 18.4 Å². The van der Waals surface area contributed by atoms with Crippen molar-refractivity contribution in [1.29, 1.82) is 0 Å². The summed E-state index contributed by atoms with van der Waals surface area (Å²) in [6.07, 6.45) is 1.47. The molecule has 1 atom stereocenters. The van der Waals surface area contributed by atoms with Crippen LogP contribution in [0.2, 0.25) is 0 Å². The number of ether oxygens (including phenoxy) is 2. The molecule has 0 radical (unpaired) electrons. The molecule has 1 aromatic heterocycles. The van der Waals surface area contributed by atoms with Crippen molar-refractivity contribution < 1.29 is 14.3 Å². The first-order valence-electron chi connectivity index (χ1n) is 11.3. The normalized spacial score (nSPS) is 14.6. The maximum Gasteiger partial charge on any atom is 0.255 e. The van der Waals surface area contributed by atoms with Gasteiger partial charge in [0.2, 0.25) is 5.95 Å². The molecule has 1 unspecified atom stereocenters. The molecule has 1 amide bonds. The molecule has 5 rings (SSSR count). The van der Waals surface area contributed by atoms with E-state index in [0.717, 1.165) is 21.3 Å². The molecule has 3 aromatic carbocycles. The average molecular weight is 546 g/mol. The van der Waals surface area contributed by atoms with E-state index in [1.165, 1.54) is 6.33 Å². The lowest BCUT2D eigenvalue weighted by Gasteiger charge is -2.29. The Morgan fingerprint density at radius 3 is 2.58 bits per heavy atom. The lowest BCUT2D eigenvalue weighted by molar-refractivity contribution is -0.113. The molecule has 9 heteroatoms. The molecule has 0 saturated heterocycles.